The number of aromatic nitrogens is 4. The molecule has 3 aromatic heterocycles. The number of fused-ring (bicyclic) bond motifs is 2. The highest BCUT2D eigenvalue weighted by Crippen LogP contribution is 2.24. The molecule has 0 saturated carbocycles. The lowest BCUT2D eigenvalue weighted by atomic mass is 10.3. The van der Waals surface area contributed by atoms with Crippen LogP contribution in [0, 0.1) is 6.92 Å². The quantitative estimate of drug-likeness (QED) is 0.601. The Labute approximate surface area is 141 Å². The molecule has 0 unspecified atom stereocenters. The van der Waals surface area contributed by atoms with E-state index in [4.69, 9.17) is 0 Å². The van der Waals surface area contributed by atoms with Crippen LogP contribution in [0.2, 0.25) is 0 Å². The molecule has 7 nitrogen and oxygen atoms in total. The lowest BCUT2D eigenvalue weighted by Gasteiger charge is -2.07. The molecule has 0 aliphatic carbocycles. The maximum atomic E-state index is 12.1. The summed E-state index contributed by atoms with van der Waals surface area (Å²) < 4.78 is 2.89. The number of hydrogen-bond acceptors (Lipinski definition) is 5. The van der Waals surface area contributed by atoms with E-state index in [1.165, 1.54) is 0 Å². The molecule has 0 atom stereocenters. The van der Waals surface area contributed by atoms with Crippen molar-refractivity contribution in [2.45, 2.75) is 13.5 Å². The summed E-state index contributed by atoms with van der Waals surface area (Å²) in [7, 11) is 0. The minimum Gasteiger partial charge on any atom is -0.331 e. The Morgan fingerprint density at radius 3 is 3.08 bits per heavy atom. The predicted molar refractivity (Wildman–Crippen MR) is 93.2 cm³/mol. The Morgan fingerprint density at radius 1 is 1.25 bits per heavy atom. The molecule has 3 heterocycles. The minimum atomic E-state index is -0.289. The van der Waals surface area contributed by atoms with Gasteiger partial charge in [-0.15, -0.1) is 21.5 Å². The SMILES string of the molecule is Cc1nc2ccc(NC(=O)NCc3nnc4ccccn34)cc2s1. The number of carbonyl (C=O) groups excluding carboxylic acids is 1. The molecular formula is C16H14N6OS. The third-order valence-electron chi connectivity index (χ3n) is 3.54. The minimum absolute atomic E-state index is 0.289. The zero-order valence-electron chi connectivity index (χ0n) is 12.9. The van der Waals surface area contributed by atoms with Crippen LogP contribution in [0.1, 0.15) is 10.8 Å². The molecule has 4 aromatic rings. The number of nitrogens with zero attached hydrogens (tertiary/aromatic N) is 4. The number of pyridine rings is 1. The van der Waals surface area contributed by atoms with Gasteiger partial charge in [0.05, 0.1) is 21.8 Å². The average Bonchev–Trinajstić information content (AvgIpc) is 3.15. The Morgan fingerprint density at radius 2 is 2.17 bits per heavy atom. The van der Waals surface area contributed by atoms with Crippen molar-refractivity contribution in [1.29, 1.82) is 0 Å². The molecule has 0 aliphatic rings. The fourth-order valence-electron chi connectivity index (χ4n) is 2.46. The smallest absolute Gasteiger partial charge is 0.319 e. The number of thiazole rings is 1. The van der Waals surface area contributed by atoms with Crippen LogP contribution in [0.5, 0.6) is 0 Å². The summed E-state index contributed by atoms with van der Waals surface area (Å²) in [5, 5.41) is 14.8. The molecule has 120 valence electrons. The van der Waals surface area contributed by atoms with Gasteiger partial charge in [-0.1, -0.05) is 6.07 Å². The van der Waals surface area contributed by atoms with Crippen molar-refractivity contribution in [3.05, 3.63) is 53.4 Å². The van der Waals surface area contributed by atoms with Gasteiger partial charge in [-0.05, 0) is 37.3 Å². The standard InChI is InChI=1S/C16H14N6OS/c1-10-18-12-6-5-11(8-13(12)24-10)19-16(23)17-9-15-21-20-14-4-2-3-7-22(14)15/h2-8H,9H2,1H3,(H2,17,19,23). The van der Waals surface area contributed by atoms with E-state index in [2.05, 4.69) is 25.8 Å². The number of rotatable bonds is 3. The molecule has 0 radical (unpaired) electrons. The van der Waals surface area contributed by atoms with Gasteiger partial charge in [0.2, 0.25) is 0 Å². The largest absolute Gasteiger partial charge is 0.331 e. The van der Waals surface area contributed by atoms with E-state index in [1.807, 2.05) is 53.9 Å². The summed E-state index contributed by atoms with van der Waals surface area (Å²) in [6.45, 7) is 2.26. The van der Waals surface area contributed by atoms with Gasteiger partial charge in [0.15, 0.2) is 11.5 Å². The number of benzene rings is 1. The Bertz CT molecular complexity index is 1040. The van der Waals surface area contributed by atoms with Crippen molar-refractivity contribution < 1.29 is 4.79 Å². The summed E-state index contributed by atoms with van der Waals surface area (Å²) in [5.74, 6) is 0.675. The molecule has 4 rings (SSSR count). The lowest BCUT2D eigenvalue weighted by molar-refractivity contribution is 0.251. The zero-order valence-corrected chi connectivity index (χ0v) is 13.7. The van der Waals surface area contributed by atoms with Crippen LogP contribution >= 0.6 is 11.3 Å². The first kappa shape index (κ1) is 14.6. The van der Waals surface area contributed by atoms with Crippen LogP contribution in [0.3, 0.4) is 0 Å². The monoisotopic (exact) mass is 338 g/mol. The number of nitrogens with one attached hydrogen (secondary N) is 2. The van der Waals surface area contributed by atoms with Crippen LogP contribution in [-0.4, -0.2) is 25.6 Å². The Balaban J connectivity index is 1.44. The second-order valence-electron chi connectivity index (χ2n) is 5.27. The van der Waals surface area contributed by atoms with E-state index >= 15 is 0 Å². The van der Waals surface area contributed by atoms with E-state index in [-0.39, 0.29) is 6.03 Å². The predicted octanol–water partition coefficient (Wildman–Crippen LogP) is 2.97. The van der Waals surface area contributed by atoms with Gasteiger partial charge in [0.25, 0.3) is 0 Å². The number of hydrogen-bond donors (Lipinski definition) is 2. The highest BCUT2D eigenvalue weighted by Gasteiger charge is 2.08. The summed E-state index contributed by atoms with van der Waals surface area (Å²) in [6, 6.07) is 11.0. The molecule has 0 bridgehead atoms. The average molecular weight is 338 g/mol. The molecule has 0 saturated heterocycles. The summed E-state index contributed by atoms with van der Waals surface area (Å²) >= 11 is 1.60. The fourth-order valence-corrected chi connectivity index (χ4v) is 3.33. The number of urea groups is 1. The first-order valence-corrected chi connectivity index (χ1v) is 8.21. The normalized spacial score (nSPS) is 11.0. The first-order chi connectivity index (χ1) is 11.7. The van der Waals surface area contributed by atoms with Gasteiger partial charge in [0, 0.05) is 11.9 Å². The molecule has 8 heteroatoms. The third kappa shape index (κ3) is 2.79. The van der Waals surface area contributed by atoms with Crippen molar-refractivity contribution >= 4 is 38.9 Å². The van der Waals surface area contributed by atoms with E-state index in [1.54, 1.807) is 11.3 Å². The zero-order chi connectivity index (χ0) is 16.5. The Hall–Kier alpha value is -3.00. The van der Waals surface area contributed by atoms with Crippen molar-refractivity contribution in [1.82, 2.24) is 24.9 Å². The van der Waals surface area contributed by atoms with Gasteiger partial charge < -0.3 is 10.6 Å². The van der Waals surface area contributed by atoms with Gasteiger partial charge in [0.1, 0.15) is 0 Å². The highest BCUT2D eigenvalue weighted by molar-refractivity contribution is 7.18. The molecule has 0 aliphatic heterocycles. The van der Waals surface area contributed by atoms with Crippen LogP contribution in [0.25, 0.3) is 15.9 Å². The summed E-state index contributed by atoms with van der Waals surface area (Å²) in [4.78, 5) is 16.5. The second-order valence-corrected chi connectivity index (χ2v) is 6.50. The maximum Gasteiger partial charge on any atom is 0.319 e. The fraction of sp³-hybridized carbons (Fsp3) is 0.125. The van der Waals surface area contributed by atoms with Crippen molar-refractivity contribution in [3.8, 4) is 0 Å². The van der Waals surface area contributed by atoms with Crippen LogP contribution < -0.4 is 10.6 Å². The molecule has 0 fully saturated rings. The van der Waals surface area contributed by atoms with E-state index in [0.29, 0.717) is 12.4 Å². The molecule has 24 heavy (non-hydrogen) atoms. The number of carbonyl (C=O) groups is 1. The summed E-state index contributed by atoms with van der Waals surface area (Å²) in [5.41, 5.74) is 2.42. The van der Waals surface area contributed by atoms with E-state index < -0.39 is 0 Å². The van der Waals surface area contributed by atoms with Gasteiger partial charge in [-0.25, -0.2) is 9.78 Å². The number of aryl methyl sites for hydroxylation is 1. The topological polar surface area (TPSA) is 84.2 Å². The lowest BCUT2D eigenvalue weighted by Crippen LogP contribution is -2.28. The molecular weight excluding hydrogens is 324 g/mol. The van der Waals surface area contributed by atoms with Crippen molar-refractivity contribution in [2.24, 2.45) is 0 Å². The van der Waals surface area contributed by atoms with E-state index in [9.17, 15) is 4.79 Å². The Kier molecular flexibility index (Phi) is 3.58. The molecule has 2 amide bonds. The second kappa shape index (κ2) is 5.89. The first-order valence-electron chi connectivity index (χ1n) is 7.40. The van der Waals surface area contributed by atoms with Crippen LogP contribution in [0.4, 0.5) is 10.5 Å². The maximum absolute atomic E-state index is 12.1. The van der Waals surface area contributed by atoms with Gasteiger partial charge in [-0.3, -0.25) is 4.40 Å². The third-order valence-corrected chi connectivity index (χ3v) is 4.48. The van der Waals surface area contributed by atoms with E-state index in [0.717, 1.165) is 26.6 Å². The van der Waals surface area contributed by atoms with Crippen LogP contribution in [-0.2, 0) is 6.54 Å². The molecule has 2 N–H and O–H groups in total. The van der Waals surface area contributed by atoms with Gasteiger partial charge >= 0.3 is 6.03 Å². The van der Waals surface area contributed by atoms with Gasteiger partial charge in [-0.2, -0.15) is 0 Å². The van der Waals surface area contributed by atoms with Crippen LogP contribution in [0.15, 0.2) is 42.6 Å². The van der Waals surface area contributed by atoms with Crippen molar-refractivity contribution in [2.75, 3.05) is 5.32 Å². The van der Waals surface area contributed by atoms with Crippen molar-refractivity contribution in [3.63, 3.8) is 0 Å². The number of anilines is 1. The number of amides is 2. The molecule has 0 spiro atoms. The highest BCUT2D eigenvalue weighted by atomic mass is 32.1. The molecule has 1 aromatic carbocycles. The summed E-state index contributed by atoms with van der Waals surface area (Å²) in [6.07, 6.45) is 1.87.